The summed E-state index contributed by atoms with van der Waals surface area (Å²) in [7, 11) is 0. The largest absolute Gasteiger partial charge is 0.457 e. The molecule has 0 aliphatic heterocycles. The molecule has 0 saturated carbocycles. The number of anilines is 2. The summed E-state index contributed by atoms with van der Waals surface area (Å²) in [4.78, 5) is 0. The van der Waals surface area contributed by atoms with E-state index in [0.29, 0.717) is 11.5 Å². The van der Waals surface area contributed by atoms with E-state index in [0.717, 1.165) is 24.3 Å². The highest BCUT2D eigenvalue weighted by molar-refractivity contribution is 5.56. The molecule has 0 fully saturated rings. The molecule has 0 heterocycles. The molecular formula is C28H16F6N4O3. The molecule has 4 aromatic carbocycles. The molecule has 4 aromatic rings. The van der Waals surface area contributed by atoms with Gasteiger partial charge < -0.3 is 14.2 Å². The lowest BCUT2D eigenvalue weighted by Gasteiger charge is -2.15. The van der Waals surface area contributed by atoms with Crippen molar-refractivity contribution in [1.82, 2.24) is 0 Å². The normalized spacial score (nSPS) is 11.1. The van der Waals surface area contributed by atoms with Crippen LogP contribution in [0.15, 0.2) is 84.9 Å². The first-order valence-corrected chi connectivity index (χ1v) is 11.4. The van der Waals surface area contributed by atoms with Gasteiger partial charge in [0.1, 0.15) is 45.6 Å². The van der Waals surface area contributed by atoms with E-state index in [2.05, 4.69) is 10.6 Å². The standard InChI is InChI=1S/C28H16F6N4O3/c29-27(30,31)23-13-17(37-15-35)1-11-25(23)40-21-7-3-19(4-8-21)39-20-5-9-22(10-6-20)41-26-12-2-18(38-16-36)14-24(26)28(32,33)34/h1-14,37-38H. The Hall–Kier alpha value is -5.56. The predicted molar refractivity (Wildman–Crippen MR) is 134 cm³/mol. The van der Waals surface area contributed by atoms with Gasteiger partial charge in [0.05, 0.1) is 0 Å². The Balaban J connectivity index is 1.44. The van der Waals surface area contributed by atoms with Crippen LogP contribution in [0, 0.1) is 22.9 Å². The number of benzene rings is 4. The average Bonchev–Trinajstić information content (AvgIpc) is 2.92. The first-order chi connectivity index (χ1) is 19.5. The van der Waals surface area contributed by atoms with Crippen LogP contribution in [0.1, 0.15) is 11.1 Å². The minimum absolute atomic E-state index is 0.0426. The van der Waals surface area contributed by atoms with Crippen LogP contribution in [0.2, 0.25) is 0 Å². The topological polar surface area (TPSA) is 99.3 Å². The molecule has 0 aromatic heterocycles. The van der Waals surface area contributed by atoms with Crippen molar-refractivity contribution in [2.45, 2.75) is 12.4 Å². The van der Waals surface area contributed by atoms with Gasteiger partial charge >= 0.3 is 12.4 Å². The highest BCUT2D eigenvalue weighted by Crippen LogP contribution is 2.41. The van der Waals surface area contributed by atoms with Gasteiger partial charge in [-0.15, -0.1) is 0 Å². The number of hydrogen-bond acceptors (Lipinski definition) is 7. The van der Waals surface area contributed by atoms with E-state index in [1.165, 1.54) is 60.7 Å². The van der Waals surface area contributed by atoms with Gasteiger partial charge in [0, 0.05) is 11.4 Å². The van der Waals surface area contributed by atoms with Crippen LogP contribution in [0.5, 0.6) is 34.5 Å². The lowest BCUT2D eigenvalue weighted by atomic mass is 10.1. The fraction of sp³-hybridized carbons (Fsp3) is 0.0714. The van der Waals surface area contributed by atoms with Crippen LogP contribution in [0.3, 0.4) is 0 Å². The van der Waals surface area contributed by atoms with Crippen LogP contribution in [0.25, 0.3) is 0 Å². The summed E-state index contributed by atoms with van der Waals surface area (Å²) >= 11 is 0. The third-order valence-electron chi connectivity index (χ3n) is 5.31. The lowest BCUT2D eigenvalue weighted by Crippen LogP contribution is -2.08. The Morgan fingerprint density at radius 3 is 1.10 bits per heavy atom. The summed E-state index contributed by atoms with van der Waals surface area (Å²) in [6, 6.07) is 17.6. The number of rotatable bonds is 8. The molecule has 13 heteroatoms. The molecule has 7 nitrogen and oxygen atoms in total. The molecule has 208 valence electrons. The minimum atomic E-state index is -4.73. The van der Waals surface area contributed by atoms with Gasteiger partial charge in [0.15, 0.2) is 12.4 Å². The van der Waals surface area contributed by atoms with Crippen LogP contribution in [0.4, 0.5) is 37.7 Å². The predicted octanol–water partition coefficient (Wildman–Crippen LogP) is 8.89. The maximum absolute atomic E-state index is 13.5. The molecule has 0 radical (unpaired) electrons. The number of nitrogens with one attached hydrogen (secondary N) is 2. The number of nitrogens with zero attached hydrogens (tertiary/aromatic N) is 2. The van der Waals surface area contributed by atoms with Crippen molar-refractivity contribution in [2.24, 2.45) is 0 Å². The fourth-order valence-corrected chi connectivity index (χ4v) is 3.51. The van der Waals surface area contributed by atoms with Crippen molar-refractivity contribution < 1.29 is 40.6 Å². The van der Waals surface area contributed by atoms with Crippen molar-refractivity contribution >= 4 is 11.4 Å². The summed E-state index contributed by atoms with van der Waals surface area (Å²) in [5, 5.41) is 21.6. The first-order valence-electron chi connectivity index (χ1n) is 11.4. The maximum Gasteiger partial charge on any atom is 0.420 e. The van der Waals surface area contributed by atoms with E-state index < -0.39 is 35.0 Å². The molecular weight excluding hydrogens is 554 g/mol. The van der Waals surface area contributed by atoms with Gasteiger partial charge in [0.2, 0.25) is 0 Å². The van der Waals surface area contributed by atoms with Gasteiger partial charge in [-0.1, -0.05) is 0 Å². The maximum atomic E-state index is 13.5. The van der Waals surface area contributed by atoms with E-state index in [-0.39, 0.29) is 22.9 Å². The molecule has 4 rings (SSSR count). The summed E-state index contributed by atoms with van der Waals surface area (Å²) in [5.74, 6) is -0.149. The van der Waals surface area contributed by atoms with Gasteiger partial charge in [-0.2, -0.15) is 36.9 Å². The van der Waals surface area contributed by atoms with Gasteiger partial charge in [-0.3, -0.25) is 10.6 Å². The molecule has 0 amide bonds. The zero-order valence-corrected chi connectivity index (χ0v) is 20.5. The Kier molecular flexibility index (Phi) is 8.10. The highest BCUT2D eigenvalue weighted by atomic mass is 19.4. The van der Waals surface area contributed by atoms with Crippen molar-refractivity contribution in [3.8, 4) is 46.9 Å². The van der Waals surface area contributed by atoms with Crippen LogP contribution in [-0.4, -0.2) is 0 Å². The van der Waals surface area contributed by atoms with Gasteiger partial charge in [0.25, 0.3) is 0 Å². The van der Waals surface area contributed by atoms with Crippen molar-refractivity contribution in [2.75, 3.05) is 10.6 Å². The molecule has 0 aliphatic rings. The quantitative estimate of drug-likeness (QED) is 0.124. The molecule has 0 atom stereocenters. The van der Waals surface area contributed by atoms with E-state index in [4.69, 9.17) is 24.7 Å². The number of hydrogen-bond donors (Lipinski definition) is 2. The van der Waals surface area contributed by atoms with Gasteiger partial charge in [-0.05, 0) is 84.9 Å². The highest BCUT2D eigenvalue weighted by Gasteiger charge is 2.36. The summed E-state index contributed by atoms with van der Waals surface area (Å²) < 4.78 is 97.3. The number of alkyl halides is 6. The van der Waals surface area contributed by atoms with Crippen LogP contribution < -0.4 is 24.8 Å². The average molecular weight is 570 g/mol. The third kappa shape index (κ3) is 7.30. The summed E-state index contributed by atoms with van der Waals surface area (Å²) in [6.07, 6.45) is -6.35. The second-order valence-corrected chi connectivity index (χ2v) is 8.14. The van der Waals surface area contributed by atoms with Crippen LogP contribution >= 0.6 is 0 Å². The molecule has 0 aliphatic carbocycles. The molecule has 41 heavy (non-hydrogen) atoms. The second kappa shape index (κ2) is 11.7. The Bertz CT molecular complexity index is 1490. The SMILES string of the molecule is N#CNc1ccc(Oc2ccc(Oc3ccc(Oc4ccc(NC#N)cc4C(F)(F)F)cc3)cc2)c(C(F)(F)F)c1. The summed E-state index contributed by atoms with van der Waals surface area (Å²) in [6.45, 7) is 0. The first kappa shape index (κ1) is 28.4. The number of halogens is 6. The third-order valence-corrected chi connectivity index (χ3v) is 5.31. The lowest BCUT2D eigenvalue weighted by molar-refractivity contribution is -0.139. The molecule has 0 unspecified atom stereocenters. The fourth-order valence-electron chi connectivity index (χ4n) is 3.51. The molecule has 0 saturated heterocycles. The van der Waals surface area contributed by atoms with Crippen LogP contribution in [-0.2, 0) is 12.4 Å². The molecule has 0 bridgehead atoms. The number of ether oxygens (including phenoxy) is 3. The molecule has 2 N–H and O–H groups in total. The second-order valence-electron chi connectivity index (χ2n) is 8.14. The summed E-state index contributed by atoms with van der Waals surface area (Å²) in [5.41, 5.74) is -2.23. The zero-order chi connectivity index (χ0) is 29.6. The Morgan fingerprint density at radius 2 is 0.805 bits per heavy atom. The Morgan fingerprint density at radius 1 is 0.488 bits per heavy atom. The van der Waals surface area contributed by atoms with Crippen molar-refractivity contribution in [3.63, 3.8) is 0 Å². The van der Waals surface area contributed by atoms with E-state index in [9.17, 15) is 26.3 Å². The smallest absolute Gasteiger partial charge is 0.420 e. The van der Waals surface area contributed by atoms with Crippen molar-refractivity contribution in [1.29, 1.82) is 10.5 Å². The monoisotopic (exact) mass is 570 g/mol. The van der Waals surface area contributed by atoms with E-state index in [1.54, 1.807) is 12.4 Å². The van der Waals surface area contributed by atoms with Gasteiger partial charge in [-0.25, -0.2) is 0 Å². The van der Waals surface area contributed by atoms with E-state index in [1.807, 2.05) is 0 Å². The number of nitriles is 2. The van der Waals surface area contributed by atoms with E-state index >= 15 is 0 Å². The Labute approximate surface area is 228 Å². The molecule has 0 spiro atoms. The zero-order valence-electron chi connectivity index (χ0n) is 20.5. The minimum Gasteiger partial charge on any atom is -0.457 e. The van der Waals surface area contributed by atoms with Crippen molar-refractivity contribution in [3.05, 3.63) is 96.1 Å².